The van der Waals surface area contributed by atoms with Gasteiger partial charge >= 0.3 is 0 Å². The predicted octanol–water partition coefficient (Wildman–Crippen LogP) is 1.90. The highest BCUT2D eigenvalue weighted by atomic mass is 35.5. The average molecular weight is 301 g/mol. The molecule has 2 heterocycles. The lowest BCUT2D eigenvalue weighted by atomic mass is 10.3. The maximum atomic E-state index is 11.8. The Hall–Kier alpha value is -1.37. The van der Waals surface area contributed by atoms with E-state index in [4.69, 9.17) is 0 Å². The Kier molecular flexibility index (Phi) is 6.01. The summed E-state index contributed by atoms with van der Waals surface area (Å²) in [7, 11) is 1.86. The molecule has 1 unspecified atom stereocenters. The SMILES string of the molecule is CNC(C)CNC(=O)c1cc(-c2cccs2)[nH]n1.Cl. The molecular weight excluding hydrogens is 284 g/mol. The van der Waals surface area contributed by atoms with Gasteiger partial charge in [-0.1, -0.05) is 6.07 Å². The number of thiophene rings is 1. The molecular formula is C12H17ClN4OS. The molecule has 19 heavy (non-hydrogen) atoms. The highest BCUT2D eigenvalue weighted by Gasteiger charge is 2.12. The van der Waals surface area contributed by atoms with Gasteiger partial charge < -0.3 is 10.6 Å². The molecule has 0 aliphatic heterocycles. The second kappa shape index (κ2) is 7.28. The Morgan fingerprint density at radius 3 is 3.00 bits per heavy atom. The van der Waals surface area contributed by atoms with Crippen LogP contribution in [0.25, 0.3) is 10.6 Å². The third kappa shape index (κ3) is 4.05. The molecule has 0 saturated carbocycles. The van der Waals surface area contributed by atoms with Gasteiger partial charge in [0.2, 0.25) is 0 Å². The van der Waals surface area contributed by atoms with Crippen molar-refractivity contribution in [2.45, 2.75) is 13.0 Å². The van der Waals surface area contributed by atoms with Gasteiger partial charge in [0.25, 0.3) is 5.91 Å². The number of nitrogens with one attached hydrogen (secondary N) is 3. The summed E-state index contributed by atoms with van der Waals surface area (Å²) < 4.78 is 0. The molecule has 0 radical (unpaired) electrons. The normalized spacial score (nSPS) is 11.7. The van der Waals surface area contributed by atoms with E-state index in [2.05, 4.69) is 20.8 Å². The van der Waals surface area contributed by atoms with E-state index in [-0.39, 0.29) is 24.4 Å². The van der Waals surface area contributed by atoms with Crippen LogP contribution >= 0.6 is 23.7 Å². The van der Waals surface area contributed by atoms with Gasteiger partial charge in [0.15, 0.2) is 5.69 Å². The highest BCUT2D eigenvalue weighted by molar-refractivity contribution is 7.13. The maximum absolute atomic E-state index is 11.8. The molecule has 2 aromatic heterocycles. The molecule has 0 saturated heterocycles. The summed E-state index contributed by atoms with van der Waals surface area (Å²) in [6, 6.07) is 5.97. The molecule has 0 bridgehead atoms. The molecule has 0 aliphatic rings. The number of nitrogens with zero attached hydrogens (tertiary/aromatic N) is 1. The second-order valence-corrected chi connectivity index (χ2v) is 4.99. The number of rotatable bonds is 5. The van der Waals surface area contributed by atoms with Crippen molar-refractivity contribution in [1.82, 2.24) is 20.8 Å². The number of aromatic nitrogens is 2. The van der Waals surface area contributed by atoms with Crippen molar-refractivity contribution >= 4 is 29.7 Å². The van der Waals surface area contributed by atoms with E-state index in [0.717, 1.165) is 10.6 Å². The zero-order valence-corrected chi connectivity index (χ0v) is 12.4. The summed E-state index contributed by atoms with van der Waals surface area (Å²) in [5, 5.41) is 14.8. The third-order valence-electron chi connectivity index (χ3n) is 2.66. The first-order valence-electron chi connectivity index (χ1n) is 5.75. The second-order valence-electron chi connectivity index (χ2n) is 4.04. The molecule has 104 valence electrons. The summed E-state index contributed by atoms with van der Waals surface area (Å²) in [4.78, 5) is 12.9. The molecule has 0 fully saturated rings. The number of halogens is 1. The van der Waals surface area contributed by atoms with Crippen LogP contribution in [-0.2, 0) is 0 Å². The lowest BCUT2D eigenvalue weighted by Crippen LogP contribution is -2.37. The summed E-state index contributed by atoms with van der Waals surface area (Å²) >= 11 is 1.61. The van der Waals surface area contributed by atoms with Crippen LogP contribution in [0.2, 0.25) is 0 Å². The molecule has 1 atom stereocenters. The van der Waals surface area contributed by atoms with E-state index in [9.17, 15) is 4.79 Å². The number of amides is 1. The largest absolute Gasteiger partial charge is 0.349 e. The molecule has 0 spiro atoms. The molecule has 5 nitrogen and oxygen atoms in total. The van der Waals surface area contributed by atoms with Crippen molar-refractivity contribution in [3.05, 3.63) is 29.3 Å². The predicted molar refractivity (Wildman–Crippen MR) is 80.0 cm³/mol. The first-order valence-corrected chi connectivity index (χ1v) is 6.63. The minimum atomic E-state index is -0.156. The average Bonchev–Trinajstić information content (AvgIpc) is 3.04. The number of likely N-dealkylation sites (N-methyl/N-ethyl adjacent to an activating group) is 1. The Labute approximate surface area is 122 Å². The zero-order valence-electron chi connectivity index (χ0n) is 10.8. The number of aromatic amines is 1. The summed E-state index contributed by atoms with van der Waals surface area (Å²) in [6.07, 6.45) is 0. The van der Waals surface area contributed by atoms with Gasteiger partial charge in [-0.05, 0) is 31.5 Å². The number of hydrogen-bond donors (Lipinski definition) is 3. The van der Waals surface area contributed by atoms with E-state index >= 15 is 0 Å². The van der Waals surface area contributed by atoms with Crippen LogP contribution in [0.5, 0.6) is 0 Å². The Balaban J connectivity index is 0.00000180. The first-order chi connectivity index (χ1) is 8.70. The molecule has 2 rings (SSSR count). The monoisotopic (exact) mass is 300 g/mol. The summed E-state index contributed by atoms with van der Waals surface area (Å²) in [6.45, 7) is 2.58. The van der Waals surface area contributed by atoms with Crippen molar-refractivity contribution in [2.24, 2.45) is 0 Å². The molecule has 0 aliphatic carbocycles. The van der Waals surface area contributed by atoms with Crippen molar-refractivity contribution in [2.75, 3.05) is 13.6 Å². The molecule has 0 aromatic carbocycles. The lowest BCUT2D eigenvalue weighted by Gasteiger charge is -2.09. The first kappa shape index (κ1) is 15.7. The fraction of sp³-hybridized carbons (Fsp3) is 0.333. The lowest BCUT2D eigenvalue weighted by molar-refractivity contribution is 0.0945. The number of carbonyl (C=O) groups is 1. The van der Waals surface area contributed by atoms with Gasteiger partial charge in [-0.3, -0.25) is 9.89 Å². The minimum absolute atomic E-state index is 0. The van der Waals surface area contributed by atoms with E-state index in [1.165, 1.54) is 0 Å². The van der Waals surface area contributed by atoms with Crippen LogP contribution in [0, 0.1) is 0 Å². The number of carbonyl (C=O) groups excluding carboxylic acids is 1. The summed E-state index contributed by atoms with van der Waals surface area (Å²) in [5.74, 6) is -0.156. The smallest absolute Gasteiger partial charge is 0.271 e. The maximum Gasteiger partial charge on any atom is 0.271 e. The fourth-order valence-corrected chi connectivity index (χ4v) is 2.13. The molecule has 2 aromatic rings. The molecule has 3 N–H and O–H groups in total. The van der Waals surface area contributed by atoms with E-state index in [1.54, 1.807) is 17.4 Å². The van der Waals surface area contributed by atoms with Crippen LogP contribution in [0.1, 0.15) is 17.4 Å². The summed E-state index contributed by atoms with van der Waals surface area (Å²) in [5.41, 5.74) is 1.29. The van der Waals surface area contributed by atoms with Gasteiger partial charge in [-0.25, -0.2) is 0 Å². The quantitative estimate of drug-likeness (QED) is 0.790. The highest BCUT2D eigenvalue weighted by Crippen LogP contribution is 2.22. The zero-order chi connectivity index (χ0) is 13.0. The van der Waals surface area contributed by atoms with E-state index < -0.39 is 0 Å². The van der Waals surface area contributed by atoms with Gasteiger partial charge in [0.05, 0.1) is 10.6 Å². The van der Waals surface area contributed by atoms with Crippen molar-refractivity contribution < 1.29 is 4.79 Å². The fourth-order valence-electron chi connectivity index (χ4n) is 1.43. The molecule has 7 heteroatoms. The van der Waals surface area contributed by atoms with Crippen molar-refractivity contribution in [3.63, 3.8) is 0 Å². The minimum Gasteiger partial charge on any atom is -0.349 e. The van der Waals surface area contributed by atoms with Gasteiger partial charge in [0, 0.05) is 12.6 Å². The Morgan fingerprint density at radius 1 is 1.58 bits per heavy atom. The van der Waals surface area contributed by atoms with Crippen LogP contribution in [0.4, 0.5) is 0 Å². The van der Waals surface area contributed by atoms with Gasteiger partial charge in [0.1, 0.15) is 0 Å². The van der Waals surface area contributed by atoms with Crippen molar-refractivity contribution in [1.29, 1.82) is 0 Å². The number of hydrogen-bond acceptors (Lipinski definition) is 4. The third-order valence-corrected chi connectivity index (χ3v) is 3.56. The number of H-pyrrole nitrogens is 1. The van der Waals surface area contributed by atoms with E-state index in [0.29, 0.717) is 12.2 Å². The standard InChI is InChI=1S/C12H16N4OS.ClH/c1-8(13-2)7-14-12(17)10-6-9(15-16-10)11-4-3-5-18-11;/h3-6,8,13H,7H2,1-2H3,(H,14,17)(H,15,16);1H. The van der Waals surface area contributed by atoms with Gasteiger partial charge in [-0.2, -0.15) is 5.10 Å². The molecule has 1 amide bonds. The van der Waals surface area contributed by atoms with Crippen LogP contribution in [0.15, 0.2) is 23.6 Å². The van der Waals surface area contributed by atoms with Gasteiger partial charge in [-0.15, -0.1) is 23.7 Å². The van der Waals surface area contributed by atoms with Crippen LogP contribution in [0.3, 0.4) is 0 Å². The Bertz CT molecular complexity index is 512. The van der Waals surface area contributed by atoms with E-state index in [1.807, 2.05) is 31.5 Å². The van der Waals surface area contributed by atoms with Crippen molar-refractivity contribution in [3.8, 4) is 10.6 Å². The topological polar surface area (TPSA) is 69.8 Å². The van der Waals surface area contributed by atoms with Crippen LogP contribution in [-0.4, -0.2) is 35.7 Å². The Morgan fingerprint density at radius 2 is 2.37 bits per heavy atom. The van der Waals surface area contributed by atoms with Crippen LogP contribution < -0.4 is 10.6 Å².